The number of benzene rings is 1. The summed E-state index contributed by atoms with van der Waals surface area (Å²) >= 11 is 0. The molecule has 1 fully saturated rings. The maximum Gasteiger partial charge on any atom is 0.234 e. The summed E-state index contributed by atoms with van der Waals surface area (Å²) in [6.07, 6.45) is 1.75. The van der Waals surface area contributed by atoms with Gasteiger partial charge >= 0.3 is 0 Å². The zero-order chi connectivity index (χ0) is 14.2. The summed E-state index contributed by atoms with van der Waals surface area (Å²) in [6.45, 7) is 2.61. The molecule has 1 saturated heterocycles. The van der Waals surface area contributed by atoms with Crippen molar-refractivity contribution < 1.29 is 9.53 Å². The molecule has 2 atom stereocenters. The highest BCUT2D eigenvalue weighted by molar-refractivity contribution is 5.97. The van der Waals surface area contributed by atoms with Crippen LogP contribution < -0.4 is 11.1 Å². The number of carbonyl (C=O) groups is 1. The average molecular weight is 271 g/mol. The molecule has 1 aliphatic heterocycles. The van der Waals surface area contributed by atoms with E-state index in [0.717, 1.165) is 16.6 Å². The number of hydrogen-bond donors (Lipinski definition) is 2. The van der Waals surface area contributed by atoms with Gasteiger partial charge in [-0.25, -0.2) is 0 Å². The number of ether oxygens (including phenoxy) is 1. The molecule has 1 aliphatic rings. The second-order valence-corrected chi connectivity index (χ2v) is 5.40. The van der Waals surface area contributed by atoms with Crippen LogP contribution in [0, 0.1) is 5.41 Å². The molecule has 104 valence electrons. The molecular formula is C15H17N3O2. The van der Waals surface area contributed by atoms with E-state index in [1.807, 2.05) is 37.3 Å². The Bertz CT molecular complexity index is 658. The number of carbonyl (C=O) groups excluding carboxylic acids is 1. The average Bonchev–Trinajstić information content (AvgIpc) is 2.80. The smallest absolute Gasteiger partial charge is 0.234 e. The molecule has 0 spiro atoms. The van der Waals surface area contributed by atoms with Gasteiger partial charge in [-0.15, -0.1) is 0 Å². The third-order valence-electron chi connectivity index (χ3n) is 3.90. The molecule has 1 aromatic heterocycles. The fourth-order valence-electron chi connectivity index (χ4n) is 2.35. The zero-order valence-electron chi connectivity index (χ0n) is 11.3. The van der Waals surface area contributed by atoms with E-state index in [4.69, 9.17) is 10.5 Å². The van der Waals surface area contributed by atoms with Crippen molar-refractivity contribution in [3.05, 3.63) is 36.5 Å². The number of amides is 1. The molecule has 0 saturated carbocycles. The van der Waals surface area contributed by atoms with Crippen LogP contribution in [0.2, 0.25) is 0 Å². The monoisotopic (exact) mass is 271 g/mol. The van der Waals surface area contributed by atoms with Crippen LogP contribution in [0.1, 0.15) is 6.92 Å². The standard InChI is InChI=1S/C15H17N3O2/c1-15(9-20-8-13(15)16)14(19)18-11-4-5-12-10(7-11)3-2-6-17-12/h2-7,13H,8-9,16H2,1H3,(H,18,19). The van der Waals surface area contributed by atoms with E-state index < -0.39 is 5.41 Å². The fraction of sp³-hybridized carbons (Fsp3) is 0.333. The minimum absolute atomic E-state index is 0.106. The second kappa shape index (κ2) is 4.85. The predicted octanol–water partition coefficient (Wildman–Crippen LogP) is 1.54. The number of nitrogens with two attached hydrogens (primary N) is 1. The maximum atomic E-state index is 12.4. The van der Waals surface area contributed by atoms with E-state index in [1.165, 1.54) is 0 Å². The van der Waals surface area contributed by atoms with Crippen molar-refractivity contribution in [1.82, 2.24) is 4.98 Å². The van der Waals surface area contributed by atoms with E-state index in [-0.39, 0.29) is 11.9 Å². The van der Waals surface area contributed by atoms with Gasteiger partial charge in [0.15, 0.2) is 0 Å². The van der Waals surface area contributed by atoms with Gasteiger partial charge in [-0.1, -0.05) is 6.07 Å². The van der Waals surface area contributed by atoms with Crippen LogP contribution >= 0.6 is 0 Å². The summed E-state index contributed by atoms with van der Waals surface area (Å²) in [6, 6.07) is 9.20. The molecule has 0 radical (unpaired) electrons. The van der Waals surface area contributed by atoms with Crippen molar-refractivity contribution >= 4 is 22.5 Å². The van der Waals surface area contributed by atoms with Crippen LogP contribution in [0.25, 0.3) is 10.9 Å². The molecule has 1 aromatic carbocycles. The Morgan fingerprint density at radius 2 is 2.35 bits per heavy atom. The maximum absolute atomic E-state index is 12.4. The third kappa shape index (κ3) is 2.15. The molecule has 1 amide bonds. The summed E-state index contributed by atoms with van der Waals surface area (Å²) in [4.78, 5) is 16.6. The number of nitrogens with one attached hydrogen (secondary N) is 1. The Hall–Kier alpha value is -1.98. The van der Waals surface area contributed by atoms with E-state index in [2.05, 4.69) is 10.3 Å². The van der Waals surface area contributed by atoms with Crippen molar-refractivity contribution in [2.45, 2.75) is 13.0 Å². The van der Waals surface area contributed by atoms with E-state index in [1.54, 1.807) is 6.20 Å². The molecule has 2 aromatic rings. The summed E-state index contributed by atoms with van der Waals surface area (Å²) < 4.78 is 5.31. The van der Waals surface area contributed by atoms with Crippen LogP contribution in [0.4, 0.5) is 5.69 Å². The molecule has 5 heteroatoms. The Labute approximate surface area is 117 Å². The number of fused-ring (bicyclic) bond motifs is 1. The Morgan fingerprint density at radius 1 is 1.50 bits per heavy atom. The van der Waals surface area contributed by atoms with E-state index >= 15 is 0 Å². The van der Waals surface area contributed by atoms with Gasteiger partial charge in [-0.3, -0.25) is 9.78 Å². The van der Waals surface area contributed by atoms with Gasteiger partial charge in [0.25, 0.3) is 0 Å². The lowest BCUT2D eigenvalue weighted by molar-refractivity contribution is -0.125. The van der Waals surface area contributed by atoms with Gasteiger partial charge in [0, 0.05) is 23.3 Å². The van der Waals surface area contributed by atoms with Gasteiger partial charge in [0.2, 0.25) is 5.91 Å². The third-order valence-corrected chi connectivity index (χ3v) is 3.90. The molecule has 3 N–H and O–H groups in total. The van der Waals surface area contributed by atoms with Gasteiger partial charge in [0.1, 0.15) is 0 Å². The molecule has 2 heterocycles. The van der Waals surface area contributed by atoms with Gasteiger partial charge in [0.05, 0.1) is 24.1 Å². The summed E-state index contributed by atoms with van der Waals surface area (Å²) in [5.41, 5.74) is 6.93. The van der Waals surface area contributed by atoms with Crippen LogP contribution in [-0.4, -0.2) is 30.1 Å². The predicted molar refractivity (Wildman–Crippen MR) is 77.3 cm³/mol. The molecule has 0 bridgehead atoms. The van der Waals surface area contributed by atoms with Crippen molar-refractivity contribution in [3.8, 4) is 0 Å². The Morgan fingerprint density at radius 3 is 3.10 bits per heavy atom. The SMILES string of the molecule is CC1(C(=O)Nc2ccc3ncccc3c2)COCC1N. The first-order chi connectivity index (χ1) is 9.59. The highest BCUT2D eigenvalue weighted by Gasteiger charge is 2.44. The quantitative estimate of drug-likeness (QED) is 0.868. The normalized spacial score (nSPS) is 25.8. The highest BCUT2D eigenvalue weighted by atomic mass is 16.5. The zero-order valence-corrected chi connectivity index (χ0v) is 11.3. The van der Waals surface area contributed by atoms with Crippen molar-refractivity contribution in [2.75, 3.05) is 18.5 Å². The summed E-state index contributed by atoms with van der Waals surface area (Å²) in [7, 11) is 0. The van der Waals surface area contributed by atoms with Crippen molar-refractivity contribution in [3.63, 3.8) is 0 Å². The molecule has 0 aliphatic carbocycles. The minimum atomic E-state index is -0.677. The molecule has 2 unspecified atom stereocenters. The van der Waals surface area contributed by atoms with Gasteiger partial charge in [-0.2, -0.15) is 0 Å². The molecule has 20 heavy (non-hydrogen) atoms. The summed E-state index contributed by atoms with van der Waals surface area (Å²) in [5.74, 6) is -0.106. The van der Waals surface area contributed by atoms with Crippen LogP contribution in [0.5, 0.6) is 0 Å². The first-order valence-electron chi connectivity index (χ1n) is 6.59. The first-order valence-corrected chi connectivity index (χ1v) is 6.59. The lowest BCUT2D eigenvalue weighted by Gasteiger charge is -2.25. The number of pyridine rings is 1. The fourth-order valence-corrected chi connectivity index (χ4v) is 2.35. The van der Waals surface area contributed by atoms with Crippen molar-refractivity contribution in [2.24, 2.45) is 11.1 Å². The van der Waals surface area contributed by atoms with Crippen LogP contribution in [0.15, 0.2) is 36.5 Å². The molecular weight excluding hydrogens is 254 g/mol. The number of anilines is 1. The lowest BCUT2D eigenvalue weighted by Crippen LogP contribution is -2.47. The molecule has 5 nitrogen and oxygen atoms in total. The topological polar surface area (TPSA) is 77.2 Å². The Kier molecular flexibility index (Phi) is 3.16. The largest absolute Gasteiger partial charge is 0.379 e. The number of rotatable bonds is 2. The number of hydrogen-bond acceptors (Lipinski definition) is 4. The van der Waals surface area contributed by atoms with E-state index in [9.17, 15) is 4.79 Å². The lowest BCUT2D eigenvalue weighted by atomic mass is 9.85. The van der Waals surface area contributed by atoms with E-state index in [0.29, 0.717) is 13.2 Å². The van der Waals surface area contributed by atoms with Crippen LogP contribution in [0.3, 0.4) is 0 Å². The second-order valence-electron chi connectivity index (χ2n) is 5.40. The van der Waals surface area contributed by atoms with Crippen LogP contribution in [-0.2, 0) is 9.53 Å². The minimum Gasteiger partial charge on any atom is -0.379 e. The Balaban J connectivity index is 1.84. The highest BCUT2D eigenvalue weighted by Crippen LogP contribution is 2.29. The van der Waals surface area contributed by atoms with Gasteiger partial charge < -0.3 is 15.8 Å². The number of aromatic nitrogens is 1. The number of nitrogens with zero attached hydrogens (tertiary/aromatic N) is 1. The van der Waals surface area contributed by atoms with Gasteiger partial charge in [-0.05, 0) is 31.2 Å². The molecule has 3 rings (SSSR count). The first kappa shape index (κ1) is 13.0. The van der Waals surface area contributed by atoms with Crippen molar-refractivity contribution in [1.29, 1.82) is 0 Å². The summed E-state index contributed by atoms with van der Waals surface area (Å²) in [5, 5.41) is 3.91.